The topological polar surface area (TPSA) is 3.88 Å². The van der Waals surface area contributed by atoms with Crippen LogP contribution >= 0.6 is 0 Å². The van der Waals surface area contributed by atoms with Crippen LogP contribution in [0, 0.1) is 0 Å². The first-order chi connectivity index (χ1) is 8.88. The molecule has 0 saturated carbocycles. The third-order valence-electron chi connectivity index (χ3n) is 3.65. The van der Waals surface area contributed by atoms with E-state index < -0.39 is 0 Å². The first-order valence-corrected chi connectivity index (χ1v) is 7.85. The second-order valence-corrected chi connectivity index (χ2v) is 5.21. The van der Waals surface area contributed by atoms with Crippen molar-refractivity contribution in [2.75, 3.05) is 0 Å². The summed E-state index contributed by atoms with van der Waals surface area (Å²) in [6.45, 7) is 5.71. The average Bonchev–Trinajstić information content (AvgIpc) is 2.42. The van der Waals surface area contributed by atoms with Gasteiger partial charge in [-0.3, -0.25) is 0 Å². The highest BCUT2D eigenvalue weighted by atomic mass is 19.0. The molecule has 1 nitrogen and oxygen atoms in total. The molecule has 0 N–H and O–H groups in total. The maximum absolute atomic E-state index is 2.41. The van der Waals surface area contributed by atoms with E-state index in [1.54, 1.807) is 0 Å². The van der Waals surface area contributed by atoms with Crippen molar-refractivity contribution in [3.63, 3.8) is 0 Å². The number of hydrogen-bond donors (Lipinski definition) is 0. The lowest BCUT2D eigenvalue weighted by Gasteiger charge is -2.02. The molecule has 0 unspecified atom stereocenters. The Hall–Kier alpha value is -0.920. The second kappa shape index (κ2) is 12.1. The highest BCUT2D eigenvalue weighted by Crippen LogP contribution is 2.08. The molecule has 1 heterocycles. The molecular weight excluding hydrogens is 237 g/mol. The first kappa shape index (κ1) is 18.1. The fourth-order valence-corrected chi connectivity index (χ4v) is 2.47. The number of rotatable bonds is 10. The fraction of sp³-hybridized carbons (Fsp3) is 0.706. The van der Waals surface area contributed by atoms with Crippen LogP contribution in [0.2, 0.25) is 0 Å². The maximum Gasteiger partial charge on any atom is 0.181 e. The summed E-state index contributed by atoms with van der Waals surface area (Å²) in [4.78, 5) is 0. The van der Waals surface area contributed by atoms with E-state index >= 15 is 0 Å². The number of aryl methyl sites for hydroxylation is 2. The van der Waals surface area contributed by atoms with Gasteiger partial charge in [0.2, 0.25) is 0 Å². The minimum absolute atomic E-state index is 0. The van der Waals surface area contributed by atoms with E-state index in [4.69, 9.17) is 0 Å². The van der Waals surface area contributed by atoms with Crippen molar-refractivity contribution < 1.29 is 9.27 Å². The van der Waals surface area contributed by atoms with Crippen molar-refractivity contribution in [3.8, 4) is 0 Å². The van der Waals surface area contributed by atoms with Crippen molar-refractivity contribution in [1.29, 1.82) is 0 Å². The summed E-state index contributed by atoms with van der Waals surface area (Å²) in [5, 5.41) is 0. The lowest BCUT2D eigenvalue weighted by molar-refractivity contribution is -0.704. The average molecular weight is 267 g/mol. The van der Waals surface area contributed by atoms with Gasteiger partial charge in [0.15, 0.2) is 11.9 Å². The van der Waals surface area contributed by atoms with Gasteiger partial charge in [0, 0.05) is 25.0 Å². The van der Waals surface area contributed by atoms with Gasteiger partial charge in [0.25, 0.3) is 0 Å². The Morgan fingerprint density at radius 1 is 0.842 bits per heavy atom. The number of aromatic nitrogens is 1. The SMILES string of the molecule is CCCCCCCCCC[n+]1ccccc1CC.[F-]. The lowest BCUT2D eigenvalue weighted by atomic mass is 10.1. The Labute approximate surface area is 118 Å². The molecule has 1 rings (SSSR count). The molecule has 1 aromatic rings. The third kappa shape index (κ3) is 7.97. The van der Waals surface area contributed by atoms with E-state index in [0.717, 1.165) is 6.42 Å². The van der Waals surface area contributed by atoms with Gasteiger partial charge in [-0.05, 0) is 6.42 Å². The zero-order chi connectivity index (χ0) is 13.1. The zero-order valence-corrected chi connectivity index (χ0v) is 12.7. The van der Waals surface area contributed by atoms with Crippen molar-refractivity contribution in [3.05, 3.63) is 30.1 Å². The van der Waals surface area contributed by atoms with Gasteiger partial charge in [0.05, 0.1) is 0 Å². The monoisotopic (exact) mass is 267 g/mol. The molecule has 0 aliphatic carbocycles. The van der Waals surface area contributed by atoms with Crippen molar-refractivity contribution in [2.24, 2.45) is 0 Å². The first-order valence-electron chi connectivity index (χ1n) is 7.85. The van der Waals surface area contributed by atoms with Gasteiger partial charge in [0.1, 0.15) is 6.54 Å². The molecular formula is C17H30FN. The quantitative estimate of drug-likeness (QED) is 0.449. The molecule has 110 valence electrons. The maximum atomic E-state index is 2.41. The van der Waals surface area contributed by atoms with Crippen LogP contribution in [0.25, 0.3) is 0 Å². The molecule has 2 heteroatoms. The molecule has 0 spiro atoms. The highest BCUT2D eigenvalue weighted by molar-refractivity contribution is 4.96. The summed E-state index contributed by atoms with van der Waals surface area (Å²) in [5.74, 6) is 0. The molecule has 0 fully saturated rings. The minimum atomic E-state index is 0. The molecule has 0 amide bonds. The van der Waals surface area contributed by atoms with E-state index in [1.165, 1.54) is 63.6 Å². The second-order valence-electron chi connectivity index (χ2n) is 5.21. The summed E-state index contributed by atoms with van der Waals surface area (Å²) in [6.07, 6.45) is 14.6. The normalized spacial score (nSPS) is 10.2. The standard InChI is InChI=1S/C17H30N.FH/c1-3-5-6-7-8-9-10-12-15-18-16-13-11-14-17(18)4-2;/h11,13-14,16H,3-10,12,15H2,1-2H3;1H/q+1;/p-1. The predicted molar refractivity (Wildman–Crippen MR) is 78.6 cm³/mol. The van der Waals surface area contributed by atoms with Gasteiger partial charge in [-0.25, -0.2) is 4.57 Å². The van der Waals surface area contributed by atoms with Gasteiger partial charge in [-0.15, -0.1) is 0 Å². The Balaban J connectivity index is 0.00000324. The molecule has 0 aliphatic heterocycles. The molecule has 19 heavy (non-hydrogen) atoms. The van der Waals surface area contributed by atoms with E-state index in [-0.39, 0.29) is 4.70 Å². The van der Waals surface area contributed by atoms with E-state index in [2.05, 4.69) is 42.8 Å². The number of halogens is 1. The summed E-state index contributed by atoms with van der Waals surface area (Å²) in [7, 11) is 0. The van der Waals surface area contributed by atoms with Crippen molar-refractivity contribution in [2.45, 2.75) is 78.2 Å². The predicted octanol–water partition coefficient (Wildman–Crippen LogP) is 1.68. The van der Waals surface area contributed by atoms with Crippen LogP contribution in [0.4, 0.5) is 0 Å². The zero-order valence-electron chi connectivity index (χ0n) is 12.7. The summed E-state index contributed by atoms with van der Waals surface area (Å²) in [5.41, 5.74) is 1.46. The van der Waals surface area contributed by atoms with Crippen LogP contribution in [-0.4, -0.2) is 0 Å². The number of unbranched alkanes of at least 4 members (excludes halogenated alkanes) is 7. The minimum Gasteiger partial charge on any atom is -1.00 e. The van der Waals surface area contributed by atoms with Crippen LogP contribution in [0.3, 0.4) is 0 Å². The number of hydrogen-bond acceptors (Lipinski definition) is 0. The summed E-state index contributed by atoms with van der Waals surface area (Å²) < 4.78 is 2.41. The molecule has 1 aromatic heterocycles. The van der Waals surface area contributed by atoms with Crippen molar-refractivity contribution >= 4 is 0 Å². The molecule has 0 saturated heterocycles. The van der Waals surface area contributed by atoms with Crippen LogP contribution in [-0.2, 0) is 13.0 Å². The Morgan fingerprint density at radius 2 is 1.47 bits per heavy atom. The van der Waals surface area contributed by atoms with Gasteiger partial charge in [-0.1, -0.05) is 58.4 Å². The Kier molecular flexibility index (Phi) is 11.5. The molecule has 0 atom stereocenters. The van der Waals surface area contributed by atoms with Crippen LogP contribution in [0.1, 0.15) is 70.9 Å². The largest absolute Gasteiger partial charge is 1.00 e. The van der Waals surface area contributed by atoms with Crippen LogP contribution in [0.15, 0.2) is 24.4 Å². The fourth-order valence-electron chi connectivity index (χ4n) is 2.47. The van der Waals surface area contributed by atoms with Gasteiger partial charge < -0.3 is 4.70 Å². The van der Waals surface area contributed by atoms with E-state index in [9.17, 15) is 0 Å². The van der Waals surface area contributed by atoms with Crippen LogP contribution < -0.4 is 9.27 Å². The highest BCUT2D eigenvalue weighted by Gasteiger charge is 2.05. The molecule has 0 radical (unpaired) electrons. The van der Waals surface area contributed by atoms with E-state index in [1.807, 2.05) is 0 Å². The summed E-state index contributed by atoms with van der Waals surface area (Å²) in [6, 6.07) is 6.53. The van der Waals surface area contributed by atoms with Crippen molar-refractivity contribution in [1.82, 2.24) is 0 Å². The summed E-state index contributed by atoms with van der Waals surface area (Å²) >= 11 is 0. The van der Waals surface area contributed by atoms with Gasteiger partial charge in [-0.2, -0.15) is 0 Å². The number of pyridine rings is 1. The van der Waals surface area contributed by atoms with Gasteiger partial charge >= 0.3 is 0 Å². The Morgan fingerprint density at radius 3 is 2.11 bits per heavy atom. The molecule has 0 aromatic carbocycles. The molecule has 0 aliphatic rings. The third-order valence-corrected chi connectivity index (χ3v) is 3.65. The smallest absolute Gasteiger partial charge is 0.181 e. The molecule has 0 bridgehead atoms. The van der Waals surface area contributed by atoms with E-state index in [0.29, 0.717) is 0 Å². The Bertz CT molecular complexity index is 312. The van der Waals surface area contributed by atoms with Crippen LogP contribution in [0.5, 0.6) is 0 Å². The lowest BCUT2D eigenvalue weighted by Crippen LogP contribution is -3.00. The number of nitrogens with zero attached hydrogens (tertiary/aromatic N) is 1.